The van der Waals surface area contributed by atoms with Gasteiger partial charge < -0.3 is 14.6 Å². The summed E-state index contributed by atoms with van der Waals surface area (Å²) < 4.78 is 10.2. The van der Waals surface area contributed by atoms with Crippen molar-refractivity contribution in [1.82, 2.24) is 10.5 Å². The summed E-state index contributed by atoms with van der Waals surface area (Å²) in [5.41, 5.74) is 1.45. The zero-order chi connectivity index (χ0) is 13.1. The Morgan fingerprint density at radius 3 is 3.11 bits per heavy atom. The average Bonchev–Trinajstić information content (AvgIpc) is 2.99. The third kappa shape index (κ3) is 2.45. The Balaban J connectivity index is 1.67. The van der Waals surface area contributed by atoms with E-state index in [4.69, 9.17) is 4.74 Å². The lowest BCUT2D eigenvalue weighted by Gasteiger charge is -2.25. The van der Waals surface area contributed by atoms with Crippen molar-refractivity contribution in [2.75, 3.05) is 13.2 Å². The quantitative estimate of drug-likeness (QED) is 0.914. The Kier molecular flexibility index (Phi) is 3.18. The predicted molar refractivity (Wildman–Crippen MR) is 68.1 cm³/mol. The lowest BCUT2D eigenvalue weighted by Crippen LogP contribution is -2.30. The first kappa shape index (κ1) is 11.8. The maximum atomic E-state index is 11.8. The fraction of sp³-hybridized carbons (Fsp3) is 0.286. The molecule has 1 amide bonds. The number of nitrogens with zero attached hydrogens (tertiary/aromatic N) is 1. The maximum Gasteiger partial charge on any atom is 0.273 e. The number of benzene rings is 1. The van der Waals surface area contributed by atoms with Crippen LogP contribution in [0.25, 0.3) is 0 Å². The van der Waals surface area contributed by atoms with Gasteiger partial charge in [-0.05, 0) is 18.1 Å². The van der Waals surface area contributed by atoms with E-state index in [0.717, 1.165) is 17.7 Å². The third-order valence-corrected chi connectivity index (χ3v) is 3.26. The molecule has 98 valence electrons. The molecule has 2 heterocycles. The van der Waals surface area contributed by atoms with E-state index in [1.54, 1.807) is 6.07 Å². The molecule has 19 heavy (non-hydrogen) atoms. The van der Waals surface area contributed by atoms with Crippen LogP contribution in [0.15, 0.2) is 41.1 Å². The molecule has 5 heteroatoms. The number of amides is 1. The minimum Gasteiger partial charge on any atom is -0.493 e. The molecule has 1 aromatic carbocycles. The molecule has 1 aliphatic heterocycles. The number of fused-ring (bicyclic) bond motifs is 1. The molecule has 2 aromatic rings. The molecule has 0 bridgehead atoms. The fourth-order valence-electron chi connectivity index (χ4n) is 2.26. The van der Waals surface area contributed by atoms with E-state index in [9.17, 15) is 4.79 Å². The highest BCUT2D eigenvalue weighted by molar-refractivity contribution is 5.91. The predicted octanol–water partition coefficient (Wildman–Crippen LogP) is 1.97. The topological polar surface area (TPSA) is 64.4 Å². The number of ether oxygens (including phenoxy) is 1. The minimum absolute atomic E-state index is 0.210. The van der Waals surface area contributed by atoms with Crippen LogP contribution in [0.5, 0.6) is 5.75 Å². The Bertz CT molecular complexity index is 566. The number of para-hydroxylation sites is 1. The highest BCUT2D eigenvalue weighted by Gasteiger charge is 2.21. The lowest BCUT2D eigenvalue weighted by atomic mass is 9.93. The van der Waals surface area contributed by atoms with Gasteiger partial charge in [-0.25, -0.2) is 0 Å². The van der Waals surface area contributed by atoms with Gasteiger partial charge in [-0.15, -0.1) is 0 Å². The van der Waals surface area contributed by atoms with Crippen molar-refractivity contribution in [2.45, 2.75) is 12.3 Å². The van der Waals surface area contributed by atoms with Gasteiger partial charge >= 0.3 is 0 Å². The van der Waals surface area contributed by atoms with Gasteiger partial charge in [-0.3, -0.25) is 4.79 Å². The second-order valence-electron chi connectivity index (χ2n) is 4.47. The second-order valence-corrected chi connectivity index (χ2v) is 4.47. The molecule has 1 aliphatic rings. The standard InChI is InChI=1S/C14H14N2O3/c17-14(12-6-8-19-16-12)15-9-10-5-7-18-13-4-2-1-3-11(10)13/h1-4,6,8,10H,5,7,9H2,(H,15,17). The van der Waals surface area contributed by atoms with E-state index in [-0.39, 0.29) is 11.8 Å². The van der Waals surface area contributed by atoms with Crippen molar-refractivity contribution in [3.63, 3.8) is 0 Å². The number of hydrogen-bond donors (Lipinski definition) is 1. The van der Waals surface area contributed by atoms with E-state index in [1.165, 1.54) is 6.26 Å². The first-order valence-electron chi connectivity index (χ1n) is 6.25. The first-order chi connectivity index (χ1) is 9.34. The summed E-state index contributed by atoms with van der Waals surface area (Å²) in [6.45, 7) is 1.26. The Hall–Kier alpha value is -2.30. The van der Waals surface area contributed by atoms with Gasteiger partial charge in [0.25, 0.3) is 5.91 Å². The summed E-state index contributed by atoms with van der Waals surface area (Å²) in [5, 5.41) is 6.49. The minimum atomic E-state index is -0.210. The van der Waals surface area contributed by atoms with Gasteiger partial charge in [0.1, 0.15) is 12.0 Å². The van der Waals surface area contributed by atoms with Gasteiger partial charge in [0.2, 0.25) is 0 Å². The van der Waals surface area contributed by atoms with Gasteiger partial charge in [0.05, 0.1) is 6.61 Å². The van der Waals surface area contributed by atoms with Gasteiger partial charge in [0.15, 0.2) is 5.69 Å². The summed E-state index contributed by atoms with van der Waals surface area (Å²) in [5.74, 6) is 0.980. The molecule has 3 rings (SSSR count). The summed E-state index contributed by atoms with van der Waals surface area (Å²) in [4.78, 5) is 11.8. The SMILES string of the molecule is O=C(NCC1CCOc2ccccc21)c1ccon1. The smallest absolute Gasteiger partial charge is 0.273 e. The average molecular weight is 258 g/mol. The number of nitrogens with one attached hydrogen (secondary N) is 1. The van der Waals surface area contributed by atoms with Crippen LogP contribution in [0.3, 0.4) is 0 Å². The van der Waals surface area contributed by atoms with Crippen molar-refractivity contribution in [3.05, 3.63) is 47.9 Å². The van der Waals surface area contributed by atoms with E-state index >= 15 is 0 Å². The van der Waals surface area contributed by atoms with Gasteiger partial charge in [-0.1, -0.05) is 23.4 Å². The molecule has 1 atom stereocenters. The van der Waals surface area contributed by atoms with Crippen LogP contribution >= 0.6 is 0 Å². The highest BCUT2D eigenvalue weighted by Crippen LogP contribution is 2.32. The second kappa shape index (κ2) is 5.14. The molecule has 0 saturated carbocycles. The number of rotatable bonds is 3. The molecule has 0 aliphatic carbocycles. The van der Waals surface area contributed by atoms with Crippen LogP contribution in [-0.2, 0) is 0 Å². The van der Waals surface area contributed by atoms with Crippen molar-refractivity contribution in [3.8, 4) is 5.75 Å². The molecule has 1 aromatic heterocycles. The number of hydrogen-bond acceptors (Lipinski definition) is 4. The van der Waals surface area contributed by atoms with Crippen molar-refractivity contribution in [2.24, 2.45) is 0 Å². The highest BCUT2D eigenvalue weighted by atomic mass is 16.5. The molecule has 5 nitrogen and oxygen atoms in total. The monoisotopic (exact) mass is 258 g/mol. The molecule has 0 radical (unpaired) electrons. The van der Waals surface area contributed by atoms with Crippen LogP contribution in [0, 0.1) is 0 Å². The largest absolute Gasteiger partial charge is 0.493 e. The number of carbonyl (C=O) groups excluding carboxylic acids is 1. The maximum absolute atomic E-state index is 11.8. The summed E-state index contributed by atoms with van der Waals surface area (Å²) >= 11 is 0. The van der Waals surface area contributed by atoms with E-state index in [0.29, 0.717) is 18.8 Å². The van der Waals surface area contributed by atoms with Crippen molar-refractivity contribution >= 4 is 5.91 Å². The van der Waals surface area contributed by atoms with Crippen molar-refractivity contribution < 1.29 is 14.1 Å². The molecular formula is C14H14N2O3. The third-order valence-electron chi connectivity index (χ3n) is 3.26. The van der Waals surface area contributed by atoms with E-state index in [1.807, 2.05) is 24.3 Å². The first-order valence-corrected chi connectivity index (χ1v) is 6.25. The van der Waals surface area contributed by atoms with Crippen LogP contribution in [0.4, 0.5) is 0 Å². The molecular weight excluding hydrogens is 244 g/mol. The van der Waals surface area contributed by atoms with Crippen molar-refractivity contribution in [1.29, 1.82) is 0 Å². The molecule has 1 N–H and O–H groups in total. The molecule has 1 unspecified atom stereocenters. The van der Waals surface area contributed by atoms with Gasteiger partial charge in [-0.2, -0.15) is 0 Å². The molecule has 0 saturated heterocycles. The van der Waals surface area contributed by atoms with Gasteiger partial charge in [0, 0.05) is 18.5 Å². The molecule has 0 spiro atoms. The fourth-order valence-corrected chi connectivity index (χ4v) is 2.26. The van der Waals surface area contributed by atoms with Crippen LogP contribution in [0.2, 0.25) is 0 Å². The van der Waals surface area contributed by atoms with Crippen LogP contribution in [-0.4, -0.2) is 24.2 Å². The lowest BCUT2D eigenvalue weighted by molar-refractivity contribution is 0.0939. The van der Waals surface area contributed by atoms with E-state index < -0.39 is 0 Å². The van der Waals surface area contributed by atoms with Crippen LogP contribution < -0.4 is 10.1 Å². The molecule has 0 fully saturated rings. The number of carbonyl (C=O) groups is 1. The summed E-state index contributed by atoms with van der Waals surface area (Å²) in [6, 6.07) is 9.49. The summed E-state index contributed by atoms with van der Waals surface area (Å²) in [7, 11) is 0. The Morgan fingerprint density at radius 2 is 2.26 bits per heavy atom. The summed E-state index contributed by atoms with van der Waals surface area (Å²) in [6.07, 6.45) is 2.29. The van der Waals surface area contributed by atoms with Crippen LogP contribution in [0.1, 0.15) is 28.4 Å². The van der Waals surface area contributed by atoms with E-state index in [2.05, 4.69) is 15.0 Å². The Labute approximate surface area is 110 Å². The number of aromatic nitrogens is 1. The Morgan fingerprint density at radius 1 is 1.37 bits per heavy atom. The zero-order valence-electron chi connectivity index (χ0n) is 10.3. The zero-order valence-corrected chi connectivity index (χ0v) is 10.3. The normalized spacial score (nSPS) is 17.4.